The lowest BCUT2D eigenvalue weighted by molar-refractivity contribution is 0.315. The fourth-order valence-electron chi connectivity index (χ4n) is 0.937. The van der Waals surface area contributed by atoms with Crippen LogP contribution >= 0.6 is 15.9 Å². The highest BCUT2D eigenvalue weighted by Gasteiger charge is 2.13. The van der Waals surface area contributed by atoms with E-state index in [-0.39, 0.29) is 0 Å². The van der Waals surface area contributed by atoms with Crippen molar-refractivity contribution < 1.29 is 14.2 Å². The highest BCUT2D eigenvalue weighted by Crippen LogP contribution is 2.36. The van der Waals surface area contributed by atoms with E-state index in [1.165, 1.54) is 14.2 Å². The maximum Gasteiger partial charge on any atom is 0.261 e. The number of hydrogen-bond acceptors (Lipinski definition) is 4. The zero-order valence-electron chi connectivity index (χ0n) is 7.63. The van der Waals surface area contributed by atoms with Gasteiger partial charge in [-0.3, -0.25) is 0 Å². The van der Waals surface area contributed by atoms with E-state index < -0.39 is 0 Å². The van der Waals surface area contributed by atoms with E-state index in [2.05, 4.69) is 20.9 Å². The van der Waals surface area contributed by atoms with Gasteiger partial charge >= 0.3 is 0 Å². The van der Waals surface area contributed by atoms with E-state index in [0.717, 1.165) is 0 Å². The number of ether oxygens (including phenoxy) is 3. The molecule has 0 aliphatic rings. The van der Waals surface area contributed by atoms with Crippen molar-refractivity contribution in [1.82, 2.24) is 4.98 Å². The summed E-state index contributed by atoms with van der Waals surface area (Å²) in [5, 5.41) is 0. The van der Waals surface area contributed by atoms with Gasteiger partial charge in [0.15, 0.2) is 5.75 Å². The number of aromatic nitrogens is 1. The van der Waals surface area contributed by atoms with Crippen molar-refractivity contribution >= 4 is 15.9 Å². The van der Waals surface area contributed by atoms with Crippen molar-refractivity contribution in [2.75, 3.05) is 21.3 Å². The van der Waals surface area contributed by atoms with Gasteiger partial charge in [0, 0.05) is 6.07 Å². The summed E-state index contributed by atoms with van der Waals surface area (Å²) in [6, 6.07) is 1.71. The lowest BCUT2D eigenvalue weighted by atomic mass is 10.4. The van der Waals surface area contributed by atoms with E-state index in [1.807, 2.05) is 0 Å². The summed E-state index contributed by atoms with van der Waals surface area (Å²) in [4.78, 5) is 4.06. The zero-order chi connectivity index (χ0) is 9.84. The standard InChI is InChI=1S/C8H10BrNO3/c1-11-5-4-6(9)10-8(13-3)7(5)12-2/h4H,1-3H3. The first-order valence-corrected chi connectivity index (χ1v) is 4.34. The topological polar surface area (TPSA) is 40.6 Å². The third kappa shape index (κ3) is 2.03. The van der Waals surface area contributed by atoms with Gasteiger partial charge in [-0.15, -0.1) is 0 Å². The Morgan fingerprint density at radius 3 is 2.31 bits per heavy atom. The van der Waals surface area contributed by atoms with E-state index in [4.69, 9.17) is 14.2 Å². The van der Waals surface area contributed by atoms with Crippen LogP contribution in [0.15, 0.2) is 10.7 Å². The average molecular weight is 248 g/mol. The van der Waals surface area contributed by atoms with E-state index in [0.29, 0.717) is 22.0 Å². The highest BCUT2D eigenvalue weighted by atomic mass is 79.9. The summed E-state index contributed by atoms with van der Waals surface area (Å²) < 4.78 is 15.8. The largest absolute Gasteiger partial charge is 0.493 e. The van der Waals surface area contributed by atoms with Crippen LogP contribution in [0, 0.1) is 0 Å². The summed E-state index contributed by atoms with van der Waals surface area (Å²) in [5.74, 6) is 1.48. The maximum atomic E-state index is 5.08. The first kappa shape index (κ1) is 10.1. The number of halogens is 1. The molecule has 1 aromatic heterocycles. The second kappa shape index (κ2) is 4.32. The Balaban J connectivity index is 3.25. The number of methoxy groups -OCH3 is 3. The molecule has 5 heteroatoms. The molecule has 0 N–H and O–H groups in total. The Kier molecular flexibility index (Phi) is 3.36. The number of hydrogen-bond donors (Lipinski definition) is 0. The average Bonchev–Trinajstić information content (AvgIpc) is 2.16. The third-order valence-corrected chi connectivity index (χ3v) is 1.90. The molecule has 0 amide bonds. The molecule has 0 bridgehead atoms. The SMILES string of the molecule is COc1cc(Br)nc(OC)c1OC. The monoisotopic (exact) mass is 247 g/mol. The van der Waals surface area contributed by atoms with Crippen molar-refractivity contribution in [3.05, 3.63) is 10.7 Å². The highest BCUT2D eigenvalue weighted by molar-refractivity contribution is 9.10. The summed E-state index contributed by atoms with van der Waals surface area (Å²) in [6.45, 7) is 0. The van der Waals surface area contributed by atoms with Crippen molar-refractivity contribution in [2.24, 2.45) is 0 Å². The van der Waals surface area contributed by atoms with E-state index in [9.17, 15) is 0 Å². The summed E-state index contributed by atoms with van der Waals surface area (Å²) in [5.41, 5.74) is 0. The van der Waals surface area contributed by atoms with Gasteiger partial charge in [0.1, 0.15) is 4.60 Å². The van der Waals surface area contributed by atoms with Gasteiger partial charge < -0.3 is 14.2 Å². The first-order valence-electron chi connectivity index (χ1n) is 3.55. The third-order valence-electron chi connectivity index (χ3n) is 1.49. The van der Waals surface area contributed by atoms with Gasteiger partial charge in [-0.2, -0.15) is 0 Å². The molecule has 0 spiro atoms. The minimum atomic E-state index is 0.397. The van der Waals surface area contributed by atoms with Crippen LogP contribution in [0.4, 0.5) is 0 Å². The second-order valence-corrected chi connectivity index (χ2v) is 3.00. The minimum absolute atomic E-state index is 0.397. The first-order chi connectivity index (χ1) is 6.22. The zero-order valence-corrected chi connectivity index (χ0v) is 9.21. The van der Waals surface area contributed by atoms with Crippen molar-refractivity contribution in [3.8, 4) is 17.4 Å². The predicted molar refractivity (Wildman–Crippen MR) is 51.6 cm³/mol. The molecule has 72 valence electrons. The normalized spacial score (nSPS) is 9.54. The lowest BCUT2D eigenvalue weighted by Crippen LogP contribution is -1.97. The van der Waals surface area contributed by atoms with Crippen LogP contribution in [0.25, 0.3) is 0 Å². The van der Waals surface area contributed by atoms with Gasteiger partial charge in [0.2, 0.25) is 5.75 Å². The molecular formula is C8H10BrNO3. The molecule has 0 fully saturated rings. The molecule has 1 rings (SSSR count). The Bertz CT molecular complexity index is 278. The summed E-state index contributed by atoms with van der Waals surface area (Å²) in [6.07, 6.45) is 0. The fourth-order valence-corrected chi connectivity index (χ4v) is 1.31. The maximum absolute atomic E-state index is 5.08. The summed E-state index contributed by atoms with van der Waals surface area (Å²) >= 11 is 3.23. The molecular weight excluding hydrogens is 238 g/mol. The summed E-state index contributed by atoms with van der Waals surface area (Å²) in [7, 11) is 4.62. The van der Waals surface area contributed by atoms with Gasteiger partial charge in [-0.25, -0.2) is 4.98 Å². The van der Waals surface area contributed by atoms with Crippen molar-refractivity contribution in [2.45, 2.75) is 0 Å². The molecule has 0 saturated heterocycles. The molecule has 0 radical (unpaired) electrons. The van der Waals surface area contributed by atoms with Gasteiger partial charge in [0.05, 0.1) is 21.3 Å². The second-order valence-electron chi connectivity index (χ2n) is 2.19. The van der Waals surface area contributed by atoms with Crippen LogP contribution in [0.3, 0.4) is 0 Å². The number of pyridine rings is 1. The van der Waals surface area contributed by atoms with Crippen LogP contribution < -0.4 is 14.2 Å². The lowest BCUT2D eigenvalue weighted by Gasteiger charge is -2.10. The van der Waals surface area contributed by atoms with Crippen LogP contribution in [0.5, 0.6) is 17.4 Å². The minimum Gasteiger partial charge on any atom is -0.493 e. The van der Waals surface area contributed by atoms with Crippen LogP contribution in [0.2, 0.25) is 0 Å². The molecule has 4 nitrogen and oxygen atoms in total. The molecule has 13 heavy (non-hydrogen) atoms. The molecule has 1 aromatic rings. The Morgan fingerprint density at radius 2 is 1.85 bits per heavy atom. The van der Waals surface area contributed by atoms with Crippen LogP contribution in [0.1, 0.15) is 0 Å². The number of nitrogens with zero attached hydrogens (tertiary/aromatic N) is 1. The van der Waals surface area contributed by atoms with Crippen LogP contribution in [-0.4, -0.2) is 26.3 Å². The molecule has 1 heterocycles. The number of rotatable bonds is 3. The van der Waals surface area contributed by atoms with Crippen LogP contribution in [-0.2, 0) is 0 Å². The smallest absolute Gasteiger partial charge is 0.261 e. The van der Waals surface area contributed by atoms with E-state index >= 15 is 0 Å². The molecule has 0 saturated carbocycles. The molecule has 0 unspecified atom stereocenters. The Hall–Kier alpha value is -0.970. The quantitative estimate of drug-likeness (QED) is 0.765. The van der Waals surface area contributed by atoms with Gasteiger partial charge in [-0.1, -0.05) is 0 Å². The fraction of sp³-hybridized carbons (Fsp3) is 0.375. The predicted octanol–water partition coefficient (Wildman–Crippen LogP) is 1.87. The van der Waals surface area contributed by atoms with Gasteiger partial charge in [0.25, 0.3) is 5.88 Å². The Morgan fingerprint density at radius 1 is 1.15 bits per heavy atom. The molecule has 0 atom stereocenters. The molecule has 0 aromatic carbocycles. The van der Waals surface area contributed by atoms with Crippen molar-refractivity contribution in [1.29, 1.82) is 0 Å². The molecule has 0 aliphatic carbocycles. The van der Waals surface area contributed by atoms with Crippen molar-refractivity contribution in [3.63, 3.8) is 0 Å². The van der Waals surface area contributed by atoms with Gasteiger partial charge in [-0.05, 0) is 15.9 Å². The van der Waals surface area contributed by atoms with E-state index in [1.54, 1.807) is 13.2 Å². The molecule has 0 aliphatic heterocycles. The Labute approximate surface area is 85.0 Å².